The van der Waals surface area contributed by atoms with Gasteiger partial charge in [-0.3, -0.25) is 4.79 Å². The van der Waals surface area contributed by atoms with Gasteiger partial charge in [0.25, 0.3) is 0 Å². The number of nitrogens with one attached hydrogen (secondary N) is 1. The molecule has 0 rings (SSSR count). The van der Waals surface area contributed by atoms with Crippen LogP contribution in [0.15, 0.2) is 0 Å². The van der Waals surface area contributed by atoms with Crippen molar-refractivity contribution >= 4 is 18.3 Å². The van der Waals surface area contributed by atoms with Crippen LogP contribution in [0, 0.1) is 0 Å². The van der Waals surface area contributed by atoms with Crippen molar-refractivity contribution in [1.29, 1.82) is 0 Å². The van der Waals surface area contributed by atoms with Crippen molar-refractivity contribution < 1.29 is 4.79 Å². The summed E-state index contributed by atoms with van der Waals surface area (Å²) < 4.78 is 0. The van der Waals surface area contributed by atoms with Crippen molar-refractivity contribution in [3.05, 3.63) is 0 Å². The molecule has 3 N–H and O–H groups in total. The monoisotopic (exact) mass is 278 g/mol. The van der Waals surface area contributed by atoms with Gasteiger partial charge in [-0.2, -0.15) is 0 Å². The van der Waals surface area contributed by atoms with Gasteiger partial charge in [-0.1, -0.05) is 33.6 Å². The van der Waals surface area contributed by atoms with Crippen molar-refractivity contribution in [2.45, 2.75) is 77.7 Å². The van der Waals surface area contributed by atoms with Gasteiger partial charge in [-0.25, -0.2) is 0 Å². The molecular weight excluding hydrogens is 248 g/mol. The normalized spacial score (nSPS) is 10.9. The van der Waals surface area contributed by atoms with Gasteiger partial charge in [0.05, 0.1) is 0 Å². The lowest BCUT2D eigenvalue weighted by Crippen LogP contribution is -2.47. The Morgan fingerprint density at radius 3 is 1.94 bits per heavy atom. The number of nitrogens with two attached hydrogens (primary N) is 1. The summed E-state index contributed by atoms with van der Waals surface area (Å²) in [5, 5.41) is 3.21. The molecule has 0 fully saturated rings. The molecule has 18 heavy (non-hydrogen) atoms. The average Bonchev–Trinajstić information content (AvgIpc) is 2.36. The van der Waals surface area contributed by atoms with Crippen LogP contribution in [-0.2, 0) is 4.79 Å². The van der Waals surface area contributed by atoms with E-state index in [1.807, 2.05) is 0 Å². The molecule has 0 atom stereocenters. The summed E-state index contributed by atoms with van der Waals surface area (Å²) in [4.78, 5) is 11.8. The molecule has 0 aliphatic carbocycles. The molecule has 0 heterocycles. The summed E-state index contributed by atoms with van der Waals surface area (Å²) in [6.07, 6.45) is 8.01. The van der Waals surface area contributed by atoms with E-state index in [4.69, 9.17) is 5.73 Å². The highest BCUT2D eigenvalue weighted by molar-refractivity contribution is 5.85. The summed E-state index contributed by atoms with van der Waals surface area (Å²) >= 11 is 0. The van der Waals surface area contributed by atoms with Crippen LogP contribution in [0.2, 0.25) is 0 Å². The van der Waals surface area contributed by atoms with Crippen LogP contribution >= 0.6 is 12.4 Å². The lowest BCUT2D eigenvalue weighted by Gasteiger charge is -2.31. The fraction of sp³-hybridized carbons (Fsp3) is 0.929. The van der Waals surface area contributed by atoms with Crippen molar-refractivity contribution in [2.75, 3.05) is 6.54 Å². The largest absolute Gasteiger partial charge is 0.351 e. The number of amides is 1. The standard InChI is InChI=1S/C14H30N2O.ClH/c1-4-14(5-2,6-3)16-13(17)11-9-7-8-10-12-15;/h4-12,15H2,1-3H3,(H,16,17);1H. The molecule has 0 unspecified atom stereocenters. The minimum absolute atomic E-state index is 0. The fourth-order valence-corrected chi connectivity index (χ4v) is 2.16. The van der Waals surface area contributed by atoms with Crippen LogP contribution < -0.4 is 11.1 Å². The SMILES string of the molecule is CCC(CC)(CC)NC(=O)CCCCCCN.Cl. The summed E-state index contributed by atoms with van der Waals surface area (Å²) in [7, 11) is 0. The van der Waals surface area contributed by atoms with Gasteiger partial charge in [0, 0.05) is 12.0 Å². The van der Waals surface area contributed by atoms with E-state index in [9.17, 15) is 4.79 Å². The van der Waals surface area contributed by atoms with E-state index < -0.39 is 0 Å². The van der Waals surface area contributed by atoms with E-state index >= 15 is 0 Å². The molecule has 0 spiro atoms. The number of hydrogen-bond acceptors (Lipinski definition) is 2. The molecular formula is C14H31ClN2O. The Balaban J connectivity index is 0. The second-order valence-corrected chi connectivity index (χ2v) is 4.84. The molecule has 0 saturated carbocycles. The predicted octanol–water partition coefficient (Wildman–Crippen LogP) is 3.40. The van der Waals surface area contributed by atoms with Gasteiger partial charge in [0.2, 0.25) is 5.91 Å². The molecule has 0 aliphatic heterocycles. The number of carbonyl (C=O) groups is 1. The summed E-state index contributed by atoms with van der Waals surface area (Å²) in [6, 6.07) is 0. The zero-order chi connectivity index (χ0) is 13.1. The minimum atomic E-state index is 0. The third-order valence-corrected chi connectivity index (χ3v) is 3.79. The number of hydrogen-bond donors (Lipinski definition) is 2. The average molecular weight is 279 g/mol. The number of carbonyl (C=O) groups excluding carboxylic acids is 1. The fourth-order valence-electron chi connectivity index (χ4n) is 2.16. The van der Waals surface area contributed by atoms with Gasteiger partial charge < -0.3 is 11.1 Å². The first-order valence-corrected chi connectivity index (χ1v) is 7.15. The van der Waals surface area contributed by atoms with Crippen LogP contribution in [0.3, 0.4) is 0 Å². The summed E-state index contributed by atoms with van der Waals surface area (Å²) in [5.74, 6) is 0.211. The first-order chi connectivity index (χ1) is 8.14. The van der Waals surface area contributed by atoms with Crippen molar-refractivity contribution in [3.63, 3.8) is 0 Å². The molecule has 0 radical (unpaired) electrons. The van der Waals surface area contributed by atoms with Crippen molar-refractivity contribution in [3.8, 4) is 0 Å². The number of unbranched alkanes of at least 4 members (excludes halogenated alkanes) is 3. The molecule has 0 aliphatic rings. The Kier molecular flexibility index (Phi) is 13.1. The molecule has 4 heteroatoms. The van der Waals surface area contributed by atoms with Gasteiger partial charge in [0.1, 0.15) is 0 Å². The van der Waals surface area contributed by atoms with Crippen LogP contribution in [0.5, 0.6) is 0 Å². The van der Waals surface area contributed by atoms with Crippen LogP contribution in [0.25, 0.3) is 0 Å². The maximum Gasteiger partial charge on any atom is 0.220 e. The van der Waals surface area contributed by atoms with Crippen molar-refractivity contribution in [1.82, 2.24) is 5.32 Å². The second kappa shape index (κ2) is 11.8. The lowest BCUT2D eigenvalue weighted by atomic mass is 9.89. The number of rotatable bonds is 10. The Hall–Kier alpha value is -0.280. The van der Waals surface area contributed by atoms with E-state index in [1.54, 1.807) is 0 Å². The summed E-state index contributed by atoms with van der Waals surface area (Å²) in [5.41, 5.74) is 5.45. The minimum Gasteiger partial charge on any atom is -0.351 e. The zero-order valence-electron chi connectivity index (χ0n) is 12.3. The number of halogens is 1. The smallest absolute Gasteiger partial charge is 0.220 e. The predicted molar refractivity (Wildman–Crippen MR) is 81.1 cm³/mol. The Morgan fingerprint density at radius 2 is 1.50 bits per heavy atom. The van der Waals surface area contributed by atoms with Crippen LogP contribution in [-0.4, -0.2) is 18.0 Å². The van der Waals surface area contributed by atoms with Gasteiger partial charge in [0.15, 0.2) is 0 Å². The topological polar surface area (TPSA) is 55.1 Å². The molecule has 110 valence electrons. The molecule has 0 aromatic heterocycles. The molecule has 0 aromatic carbocycles. The quantitative estimate of drug-likeness (QED) is 0.602. The van der Waals surface area contributed by atoms with E-state index in [0.717, 1.165) is 51.5 Å². The highest BCUT2D eigenvalue weighted by Gasteiger charge is 2.25. The third kappa shape index (κ3) is 7.93. The molecule has 1 amide bonds. The Morgan fingerprint density at radius 1 is 1.00 bits per heavy atom. The third-order valence-electron chi connectivity index (χ3n) is 3.79. The first-order valence-electron chi connectivity index (χ1n) is 7.15. The Bertz CT molecular complexity index is 198. The van der Waals surface area contributed by atoms with E-state index in [-0.39, 0.29) is 23.9 Å². The zero-order valence-corrected chi connectivity index (χ0v) is 13.1. The lowest BCUT2D eigenvalue weighted by molar-refractivity contribution is -0.123. The van der Waals surface area contributed by atoms with Crippen LogP contribution in [0.1, 0.15) is 72.1 Å². The maximum absolute atomic E-state index is 11.8. The second-order valence-electron chi connectivity index (χ2n) is 4.84. The van der Waals surface area contributed by atoms with Crippen molar-refractivity contribution in [2.24, 2.45) is 5.73 Å². The van der Waals surface area contributed by atoms with E-state index in [2.05, 4.69) is 26.1 Å². The maximum atomic E-state index is 11.8. The van der Waals surface area contributed by atoms with E-state index in [1.165, 1.54) is 0 Å². The molecule has 0 aromatic rings. The Labute approximate surface area is 119 Å². The highest BCUT2D eigenvalue weighted by Crippen LogP contribution is 2.19. The van der Waals surface area contributed by atoms with Gasteiger partial charge in [-0.15, -0.1) is 12.4 Å². The highest BCUT2D eigenvalue weighted by atomic mass is 35.5. The first kappa shape index (κ1) is 20.0. The molecule has 0 saturated heterocycles. The van der Waals surface area contributed by atoms with Gasteiger partial charge in [-0.05, 0) is 38.6 Å². The van der Waals surface area contributed by atoms with E-state index in [0.29, 0.717) is 6.42 Å². The van der Waals surface area contributed by atoms with Crippen LogP contribution in [0.4, 0.5) is 0 Å². The molecule has 3 nitrogen and oxygen atoms in total. The van der Waals surface area contributed by atoms with Gasteiger partial charge >= 0.3 is 0 Å². The summed E-state index contributed by atoms with van der Waals surface area (Å²) in [6.45, 7) is 7.20. The molecule has 0 bridgehead atoms.